The minimum Gasteiger partial charge on any atom is -0.285 e. The van der Waals surface area contributed by atoms with Crippen molar-refractivity contribution in [2.24, 2.45) is 0 Å². The fraction of sp³-hybridized carbons (Fsp3) is 0.231. The molecule has 0 aromatic heterocycles. The summed E-state index contributed by atoms with van der Waals surface area (Å²) < 4.78 is 0. The van der Waals surface area contributed by atoms with Crippen molar-refractivity contribution in [2.45, 2.75) is 20.8 Å². The highest BCUT2D eigenvalue weighted by Crippen LogP contribution is 2.25. The summed E-state index contributed by atoms with van der Waals surface area (Å²) in [6.45, 7) is 5.57. The molecule has 0 heterocycles. The number of benzene rings is 1. The van der Waals surface area contributed by atoms with Crippen molar-refractivity contribution in [3.8, 4) is 0 Å². The Balaban J connectivity index is 2.78. The molecule has 2 nitrogen and oxygen atoms in total. The average Bonchev–Trinajstić information content (AvgIpc) is 2.17. The predicted molar refractivity (Wildman–Crippen MR) is 58.9 cm³/mol. The maximum absolute atomic E-state index is 11.7. The highest BCUT2D eigenvalue weighted by atomic mass is 16.2. The molecule has 2 rings (SSSR count). The van der Waals surface area contributed by atoms with E-state index in [2.05, 4.69) is 0 Å². The topological polar surface area (TPSA) is 34.1 Å². The van der Waals surface area contributed by atoms with E-state index in [0.717, 1.165) is 16.7 Å². The molecule has 1 aliphatic rings. The van der Waals surface area contributed by atoms with Gasteiger partial charge >= 0.3 is 0 Å². The number of ketones is 2. The van der Waals surface area contributed by atoms with Gasteiger partial charge in [0.05, 0.1) is 0 Å². The van der Waals surface area contributed by atoms with E-state index in [9.17, 15) is 9.59 Å². The van der Waals surface area contributed by atoms with Crippen LogP contribution < -0.4 is 0 Å². The molecule has 0 bridgehead atoms. The third-order valence-corrected chi connectivity index (χ3v) is 2.70. The molecule has 1 aliphatic carbocycles. The average molecular weight is 200 g/mol. The lowest BCUT2D eigenvalue weighted by Gasteiger charge is -2.15. The Labute approximate surface area is 88.6 Å². The van der Waals surface area contributed by atoms with Crippen molar-refractivity contribution in [3.63, 3.8) is 0 Å². The normalized spacial score (nSPS) is 15.0. The standard InChI is InChI=1S/C13H12O2/c1-7-4-8(2)10-6-9(3)12(14)13(15)11(10)5-7/h4-6H,1-3H3. The number of hydrogen-bond acceptors (Lipinski definition) is 2. The quantitative estimate of drug-likeness (QED) is 0.603. The Bertz CT molecular complexity index is 508. The first kappa shape index (κ1) is 9.84. The first-order chi connectivity index (χ1) is 7.00. The number of hydrogen-bond donors (Lipinski definition) is 0. The van der Waals surface area contributed by atoms with E-state index in [1.807, 2.05) is 19.9 Å². The molecule has 0 amide bonds. The fourth-order valence-electron chi connectivity index (χ4n) is 1.94. The van der Waals surface area contributed by atoms with E-state index >= 15 is 0 Å². The van der Waals surface area contributed by atoms with Crippen molar-refractivity contribution in [1.82, 2.24) is 0 Å². The van der Waals surface area contributed by atoms with Gasteiger partial charge in [-0.05, 0) is 44.0 Å². The zero-order valence-electron chi connectivity index (χ0n) is 9.05. The van der Waals surface area contributed by atoms with Gasteiger partial charge in [-0.15, -0.1) is 0 Å². The van der Waals surface area contributed by atoms with Crippen LogP contribution in [0.25, 0.3) is 6.08 Å². The van der Waals surface area contributed by atoms with Gasteiger partial charge in [-0.25, -0.2) is 0 Å². The lowest BCUT2D eigenvalue weighted by Crippen LogP contribution is -2.20. The number of Topliss-reactive ketones (excluding diaryl/α,β-unsaturated/α-hetero) is 2. The van der Waals surface area contributed by atoms with Crippen LogP contribution in [0.4, 0.5) is 0 Å². The third-order valence-electron chi connectivity index (χ3n) is 2.70. The summed E-state index contributed by atoms with van der Waals surface area (Å²) >= 11 is 0. The zero-order valence-corrected chi connectivity index (χ0v) is 9.05. The van der Waals surface area contributed by atoms with E-state index in [4.69, 9.17) is 0 Å². The van der Waals surface area contributed by atoms with Gasteiger partial charge in [-0.3, -0.25) is 9.59 Å². The molecule has 15 heavy (non-hydrogen) atoms. The van der Waals surface area contributed by atoms with Crippen molar-refractivity contribution in [2.75, 3.05) is 0 Å². The van der Waals surface area contributed by atoms with Gasteiger partial charge in [0.2, 0.25) is 11.6 Å². The van der Waals surface area contributed by atoms with Crippen LogP contribution in [-0.2, 0) is 4.79 Å². The van der Waals surface area contributed by atoms with Crippen LogP contribution in [0.1, 0.15) is 34.0 Å². The van der Waals surface area contributed by atoms with Crippen LogP contribution in [0.3, 0.4) is 0 Å². The summed E-state index contributed by atoms with van der Waals surface area (Å²) in [6, 6.07) is 3.80. The van der Waals surface area contributed by atoms with Gasteiger partial charge < -0.3 is 0 Å². The number of allylic oxidation sites excluding steroid dienone is 1. The Morgan fingerprint density at radius 3 is 2.27 bits per heavy atom. The summed E-state index contributed by atoms with van der Waals surface area (Å²) in [5.74, 6) is -0.760. The van der Waals surface area contributed by atoms with Crippen LogP contribution in [0.15, 0.2) is 17.7 Å². The van der Waals surface area contributed by atoms with Gasteiger partial charge in [-0.2, -0.15) is 0 Å². The third kappa shape index (κ3) is 1.42. The van der Waals surface area contributed by atoms with Crippen molar-refractivity contribution >= 4 is 17.6 Å². The molecule has 0 aliphatic heterocycles. The summed E-state index contributed by atoms with van der Waals surface area (Å²) in [5.41, 5.74) is 4.02. The van der Waals surface area contributed by atoms with Crippen LogP contribution in [0.5, 0.6) is 0 Å². The van der Waals surface area contributed by atoms with Crippen molar-refractivity contribution in [1.29, 1.82) is 0 Å². The van der Waals surface area contributed by atoms with Gasteiger partial charge in [0.1, 0.15) is 0 Å². The molecular formula is C13H12O2. The highest BCUT2D eigenvalue weighted by Gasteiger charge is 2.25. The van der Waals surface area contributed by atoms with E-state index in [1.54, 1.807) is 19.1 Å². The monoisotopic (exact) mass is 200 g/mol. The second kappa shape index (κ2) is 3.16. The molecule has 2 heteroatoms. The second-order valence-electron chi connectivity index (χ2n) is 4.03. The molecular weight excluding hydrogens is 188 g/mol. The molecule has 0 spiro atoms. The van der Waals surface area contributed by atoms with Crippen LogP contribution >= 0.6 is 0 Å². The summed E-state index contributed by atoms with van der Waals surface area (Å²) in [7, 11) is 0. The molecule has 0 atom stereocenters. The Morgan fingerprint density at radius 1 is 0.933 bits per heavy atom. The Hall–Kier alpha value is -1.70. The first-order valence-electron chi connectivity index (χ1n) is 4.89. The highest BCUT2D eigenvalue weighted by molar-refractivity contribution is 6.51. The lowest BCUT2D eigenvalue weighted by atomic mass is 9.87. The number of rotatable bonds is 0. The predicted octanol–water partition coefficient (Wildman–Crippen LogP) is 2.47. The van der Waals surface area contributed by atoms with Crippen LogP contribution in [0.2, 0.25) is 0 Å². The van der Waals surface area contributed by atoms with Crippen molar-refractivity contribution < 1.29 is 9.59 Å². The largest absolute Gasteiger partial charge is 0.285 e. The number of aryl methyl sites for hydroxylation is 2. The van der Waals surface area contributed by atoms with Gasteiger partial charge in [-0.1, -0.05) is 11.6 Å². The number of carbonyl (C=O) groups is 2. The van der Waals surface area contributed by atoms with Crippen LogP contribution in [0, 0.1) is 13.8 Å². The second-order valence-corrected chi connectivity index (χ2v) is 4.03. The molecule has 76 valence electrons. The molecule has 0 unspecified atom stereocenters. The molecule has 0 radical (unpaired) electrons. The smallest absolute Gasteiger partial charge is 0.233 e. The van der Waals surface area contributed by atoms with Gasteiger partial charge in [0.15, 0.2) is 0 Å². The SMILES string of the molecule is CC1=Cc2c(C)cc(C)cc2C(=O)C1=O. The molecule has 0 saturated carbocycles. The Kier molecular flexibility index (Phi) is 2.07. The minimum absolute atomic E-state index is 0.378. The van der Waals surface area contributed by atoms with Gasteiger partial charge in [0.25, 0.3) is 0 Å². The fourth-order valence-corrected chi connectivity index (χ4v) is 1.94. The molecule has 0 saturated heterocycles. The van der Waals surface area contributed by atoms with Crippen molar-refractivity contribution in [3.05, 3.63) is 40.0 Å². The molecule has 1 aromatic rings. The maximum atomic E-state index is 11.7. The summed E-state index contributed by atoms with van der Waals surface area (Å²) in [5, 5.41) is 0. The minimum atomic E-state index is -0.382. The van der Waals surface area contributed by atoms with Crippen LogP contribution in [-0.4, -0.2) is 11.6 Å². The first-order valence-corrected chi connectivity index (χ1v) is 4.89. The maximum Gasteiger partial charge on any atom is 0.233 e. The van der Waals surface area contributed by atoms with E-state index in [-0.39, 0.29) is 11.6 Å². The van der Waals surface area contributed by atoms with E-state index < -0.39 is 0 Å². The number of carbonyl (C=O) groups excluding carboxylic acids is 2. The molecule has 0 N–H and O–H groups in total. The molecule has 1 aromatic carbocycles. The zero-order chi connectivity index (χ0) is 11.2. The molecule has 0 fully saturated rings. The lowest BCUT2D eigenvalue weighted by molar-refractivity contribution is -0.111. The van der Waals surface area contributed by atoms with E-state index in [0.29, 0.717) is 11.1 Å². The van der Waals surface area contributed by atoms with E-state index in [1.165, 1.54) is 0 Å². The van der Waals surface area contributed by atoms with Gasteiger partial charge in [0, 0.05) is 11.1 Å². The number of fused-ring (bicyclic) bond motifs is 1. The summed E-state index contributed by atoms with van der Waals surface area (Å²) in [6.07, 6.45) is 1.80. The Morgan fingerprint density at radius 2 is 1.60 bits per heavy atom. The summed E-state index contributed by atoms with van der Waals surface area (Å²) in [4.78, 5) is 23.2.